The average Bonchev–Trinajstić information content (AvgIpc) is 2.18. The van der Waals surface area contributed by atoms with Crippen LogP contribution in [-0.4, -0.2) is 28.8 Å². The molecule has 0 radical (unpaired) electrons. The van der Waals surface area contributed by atoms with Crippen molar-refractivity contribution >= 4 is 24.4 Å². The number of aliphatic imine (C=N–C) groups is 1. The van der Waals surface area contributed by atoms with E-state index in [2.05, 4.69) is 4.99 Å². The number of aliphatic hydroxyl groups is 2. The van der Waals surface area contributed by atoms with Crippen molar-refractivity contribution in [2.45, 2.75) is 26.2 Å². The molecule has 15 heavy (non-hydrogen) atoms. The number of rotatable bonds is 4. The van der Waals surface area contributed by atoms with Crippen molar-refractivity contribution in [1.29, 1.82) is 0 Å². The molecule has 0 aliphatic carbocycles. The van der Waals surface area contributed by atoms with Gasteiger partial charge < -0.3 is 10.2 Å². The summed E-state index contributed by atoms with van der Waals surface area (Å²) < 4.78 is 0. The second-order valence-electron chi connectivity index (χ2n) is 3.40. The van der Waals surface area contributed by atoms with Gasteiger partial charge in [-0.25, -0.2) is 0 Å². The van der Waals surface area contributed by atoms with E-state index in [1.807, 2.05) is 0 Å². The highest BCUT2D eigenvalue weighted by Crippen LogP contribution is 2.18. The van der Waals surface area contributed by atoms with Crippen LogP contribution in [0, 0.1) is 5.92 Å². The number of carbonyl (C=O) groups is 1. The van der Waals surface area contributed by atoms with E-state index < -0.39 is 0 Å². The first kappa shape index (κ1) is 14.1. The molecule has 0 saturated heterocycles. The van der Waals surface area contributed by atoms with E-state index in [9.17, 15) is 9.90 Å². The molecule has 0 amide bonds. The normalized spacial score (nSPS) is 20.4. The Morgan fingerprint density at radius 1 is 1.47 bits per heavy atom. The van der Waals surface area contributed by atoms with E-state index in [0.29, 0.717) is 18.5 Å². The SMILES string of the molecule is CC1=C(O)C(=O)C(CCCCO)C=N1.Cl. The summed E-state index contributed by atoms with van der Waals surface area (Å²) in [5.74, 6) is -0.790. The quantitative estimate of drug-likeness (QED) is 0.725. The second-order valence-corrected chi connectivity index (χ2v) is 3.40. The summed E-state index contributed by atoms with van der Waals surface area (Å²) in [5.41, 5.74) is 0.383. The zero-order valence-electron chi connectivity index (χ0n) is 8.64. The number of allylic oxidation sites excluding steroid dienone is 2. The maximum Gasteiger partial charge on any atom is 0.207 e. The van der Waals surface area contributed by atoms with Crippen LogP contribution >= 0.6 is 12.4 Å². The van der Waals surface area contributed by atoms with E-state index in [4.69, 9.17) is 5.11 Å². The molecule has 86 valence electrons. The van der Waals surface area contributed by atoms with Crippen molar-refractivity contribution < 1.29 is 15.0 Å². The van der Waals surface area contributed by atoms with Crippen LogP contribution in [-0.2, 0) is 4.79 Å². The smallest absolute Gasteiger partial charge is 0.207 e. The zero-order valence-corrected chi connectivity index (χ0v) is 9.46. The van der Waals surface area contributed by atoms with E-state index in [0.717, 1.165) is 6.42 Å². The van der Waals surface area contributed by atoms with Gasteiger partial charge in [-0.1, -0.05) is 6.42 Å². The summed E-state index contributed by atoms with van der Waals surface area (Å²) in [4.78, 5) is 15.4. The Bertz CT molecular complexity index is 286. The van der Waals surface area contributed by atoms with Crippen molar-refractivity contribution in [1.82, 2.24) is 0 Å². The molecule has 0 fully saturated rings. The number of halogens is 1. The number of ketones is 1. The van der Waals surface area contributed by atoms with Crippen LogP contribution in [0.4, 0.5) is 0 Å². The number of hydrogen-bond donors (Lipinski definition) is 2. The Balaban J connectivity index is 0.00000196. The van der Waals surface area contributed by atoms with Crippen molar-refractivity contribution in [3.05, 3.63) is 11.5 Å². The van der Waals surface area contributed by atoms with Crippen LogP contribution in [0.3, 0.4) is 0 Å². The summed E-state index contributed by atoms with van der Waals surface area (Å²) in [6.07, 6.45) is 3.67. The fraction of sp³-hybridized carbons (Fsp3) is 0.600. The van der Waals surface area contributed by atoms with E-state index in [1.54, 1.807) is 13.1 Å². The van der Waals surface area contributed by atoms with E-state index in [1.165, 1.54) is 0 Å². The molecule has 0 bridgehead atoms. The van der Waals surface area contributed by atoms with Crippen molar-refractivity contribution in [2.24, 2.45) is 10.9 Å². The lowest BCUT2D eigenvalue weighted by atomic mass is 9.95. The molecule has 0 spiro atoms. The largest absolute Gasteiger partial charge is 0.503 e. The molecule has 0 saturated carbocycles. The number of hydrogen-bond acceptors (Lipinski definition) is 4. The van der Waals surface area contributed by atoms with Gasteiger partial charge in [0.05, 0.1) is 11.6 Å². The third-order valence-corrected chi connectivity index (χ3v) is 2.28. The van der Waals surface area contributed by atoms with Crippen LogP contribution in [0.1, 0.15) is 26.2 Å². The van der Waals surface area contributed by atoms with Gasteiger partial charge in [-0.2, -0.15) is 0 Å². The first-order valence-corrected chi connectivity index (χ1v) is 4.76. The van der Waals surface area contributed by atoms with Gasteiger partial charge in [-0.3, -0.25) is 9.79 Å². The van der Waals surface area contributed by atoms with Crippen LogP contribution in [0.5, 0.6) is 0 Å². The third-order valence-electron chi connectivity index (χ3n) is 2.28. The topological polar surface area (TPSA) is 69.9 Å². The fourth-order valence-corrected chi connectivity index (χ4v) is 1.37. The van der Waals surface area contributed by atoms with Crippen molar-refractivity contribution in [3.8, 4) is 0 Å². The number of Topliss-reactive ketones (excluding diaryl/α,β-unsaturated/α-hetero) is 1. The molecule has 0 aromatic rings. The maximum atomic E-state index is 11.5. The predicted octanol–water partition coefficient (Wildman–Crippen LogP) is 1.63. The Morgan fingerprint density at radius 2 is 2.13 bits per heavy atom. The molecule has 2 N–H and O–H groups in total. The van der Waals surface area contributed by atoms with Crippen molar-refractivity contribution in [3.63, 3.8) is 0 Å². The molecule has 1 aliphatic rings. The highest BCUT2D eigenvalue weighted by Gasteiger charge is 2.24. The molecular formula is C10H16ClNO3. The first-order valence-electron chi connectivity index (χ1n) is 4.76. The maximum absolute atomic E-state index is 11.5. The van der Waals surface area contributed by atoms with Gasteiger partial charge >= 0.3 is 0 Å². The summed E-state index contributed by atoms with van der Waals surface area (Å²) in [7, 11) is 0. The van der Waals surface area contributed by atoms with Crippen molar-refractivity contribution in [2.75, 3.05) is 6.61 Å². The molecule has 4 nitrogen and oxygen atoms in total. The van der Waals surface area contributed by atoms with Gasteiger partial charge in [0.15, 0.2) is 5.76 Å². The van der Waals surface area contributed by atoms with Crippen LogP contribution in [0.15, 0.2) is 16.4 Å². The molecule has 1 atom stereocenters. The van der Waals surface area contributed by atoms with Crippen LogP contribution < -0.4 is 0 Å². The van der Waals surface area contributed by atoms with Gasteiger partial charge in [0.2, 0.25) is 5.78 Å². The van der Waals surface area contributed by atoms with Crippen LogP contribution in [0.25, 0.3) is 0 Å². The number of carbonyl (C=O) groups excluding carboxylic acids is 1. The third kappa shape index (κ3) is 3.64. The predicted molar refractivity (Wildman–Crippen MR) is 60.5 cm³/mol. The summed E-state index contributed by atoms with van der Waals surface area (Å²) in [6, 6.07) is 0. The minimum absolute atomic E-state index is 0. The lowest BCUT2D eigenvalue weighted by Crippen LogP contribution is -2.22. The molecule has 1 heterocycles. The molecule has 1 rings (SSSR count). The average molecular weight is 234 g/mol. The fourth-order valence-electron chi connectivity index (χ4n) is 1.37. The summed E-state index contributed by atoms with van der Waals surface area (Å²) >= 11 is 0. The zero-order chi connectivity index (χ0) is 10.6. The molecule has 1 unspecified atom stereocenters. The Kier molecular flexibility index (Phi) is 6.20. The second kappa shape index (κ2) is 6.58. The highest BCUT2D eigenvalue weighted by molar-refractivity contribution is 6.06. The van der Waals surface area contributed by atoms with Crippen LogP contribution in [0.2, 0.25) is 0 Å². The Hall–Kier alpha value is -0.870. The molecule has 5 heteroatoms. The number of nitrogens with zero attached hydrogens (tertiary/aromatic N) is 1. The standard InChI is InChI=1S/C10H15NO3.ClH/c1-7-9(13)10(14)8(6-11-7)4-2-3-5-12;/h6,8,12-13H,2-5H2,1H3;1H. The Morgan fingerprint density at radius 3 is 2.73 bits per heavy atom. The van der Waals surface area contributed by atoms with E-state index in [-0.39, 0.29) is 36.5 Å². The van der Waals surface area contributed by atoms with Gasteiger partial charge in [-0.05, 0) is 19.8 Å². The monoisotopic (exact) mass is 233 g/mol. The summed E-state index contributed by atoms with van der Waals surface area (Å²) in [6.45, 7) is 1.74. The molecule has 0 aromatic heterocycles. The lowest BCUT2D eigenvalue weighted by molar-refractivity contribution is -0.120. The molecule has 1 aliphatic heterocycles. The minimum Gasteiger partial charge on any atom is -0.503 e. The van der Waals surface area contributed by atoms with Gasteiger partial charge in [0.25, 0.3) is 0 Å². The highest BCUT2D eigenvalue weighted by atomic mass is 35.5. The molecular weight excluding hydrogens is 218 g/mol. The van der Waals surface area contributed by atoms with Gasteiger partial charge in [0, 0.05) is 12.8 Å². The Labute approximate surface area is 95.1 Å². The van der Waals surface area contributed by atoms with Gasteiger partial charge in [-0.15, -0.1) is 12.4 Å². The van der Waals surface area contributed by atoms with E-state index >= 15 is 0 Å². The minimum atomic E-state index is -0.315. The molecule has 0 aromatic carbocycles. The van der Waals surface area contributed by atoms with Gasteiger partial charge in [0.1, 0.15) is 0 Å². The first-order chi connectivity index (χ1) is 6.66. The lowest BCUT2D eigenvalue weighted by Gasteiger charge is -2.14. The number of aliphatic hydroxyl groups excluding tert-OH is 2. The number of unbranched alkanes of at least 4 members (excludes halogenated alkanes) is 1. The summed E-state index contributed by atoms with van der Waals surface area (Å²) in [5, 5.41) is 17.9.